The van der Waals surface area contributed by atoms with Crippen molar-refractivity contribution in [3.05, 3.63) is 0 Å². The van der Waals surface area contributed by atoms with Gasteiger partial charge < -0.3 is 5.11 Å². The summed E-state index contributed by atoms with van der Waals surface area (Å²) in [6.45, 7) is 4.19. The molecule has 0 rings (SSSR count). The molecule has 1 nitrogen and oxygen atoms in total. The number of rotatable bonds is 3. The minimum Gasteiger partial charge on any atom is -0.854 e. The Kier molecular flexibility index (Phi) is 11.7. The molecule has 0 radical (unpaired) electrons. The van der Waals surface area contributed by atoms with E-state index in [0.717, 1.165) is 12.8 Å². The molecule has 0 spiro atoms. The first-order valence-electron chi connectivity index (χ1n) is 2.89. The van der Waals surface area contributed by atoms with Crippen molar-refractivity contribution in [1.29, 1.82) is 0 Å². The van der Waals surface area contributed by atoms with Crippen LogP contribution in [0.15, 0.2) is 0 Å². The molecule has 44 valence electrons. The molecule has 0 saturated carbocycles. The van der Waals surface area contributed by atoms with E-state index in [9.17, 15) is 5.11 Å². The molecule has 8 heavy (non-hydrogen) atoms. The molecule has 0 fully saturated rings. The van der Waals surface area contributed by atoms with E-state index in [-0.39, 0.29) is 36.2 Å². The standard InChI is InChI=1S/C6H13O.Na/c1-3-4-6(2)5-7;/h6H,3-5H2,1-2H3;/q-1;+1. The second kappa shape index (κ2) is 7.96. The maximum absolute atomic E-state index is 10.0. The van der Waals surface area contributed by atoms with Crippen LogP contribution in [0.25, 0.3) is 0 Å². The Bertz CT molecular complexity index is 39.5. The molecule has 0 aliphatic heterocycles. The van der Waals surface area contributed by atoms with Crippen molar-refractivity contribution in [1.82, 2.24) is 0 Å². The third kappa shape index (κ3) is 6.96. The maximum atomic E-state index is 10.0. The molecular formula is C6H13NaO. The largest absolute Gasteiger partial charge is 1.00 e. The molecule has 0 heterocycles. The van der Waals surface area contributed by atoms with Gasteiger partial charge >= 0.3 is 29.6 Å². The summed E-state index contributed by atoms with van der Waals surface area (Å²) in [4.78, 5) is 0. The molecule has 1 atom stereocenters. The summed E-state index contributed by atoms with van der Waals surface area (Å²) >= 11 is 0. The van der Waals surface area contributed by atoms with Crippen LogP contribution in [0.3, 0.4) is 0 Å². The molecule has 0 amide bonds. The van der Waals surface area contributed by atoms with Gasteiger partial charge in [-0.1, -0.05) is 32.6 Å². The van der Waals surface area contributed by atoms with Crippen LogP contribution in [0.1, 0.15) is 26.7 Å². The van der Waals surface area contributed by atoms with Crippen LogP contribution in [-0.4, -0.2) is 6.61 Å². The van der Waals surface area contributed by atoms with Crippen molar-refractivity contribution in [3.8, 4) is 0 Å². The molecule has 0 N–H and O–H groups in total. The van der Waals surface area contributed by atoms with Crippen molar-refractivity contribution >= 4 is 0 Å². The van der Waals surface area contributed by atoms with E-state index < -0.39 is 0 Å². The average molecular weight is 124 g/mol. The van der Waals surface area contributed by atoms with E-state index in [1.165, 1.54) is 0 Å². The van der Waals surface area contributed by atoms with Crippen LogP contribution < -0.4 is 34.7 Å². The predicted octanol–water partition coefficient (Wildman–Crippen LogP) is -2.21. The van der Waals surface area contributed by atoms with Crippen molar-refractivity contribution in [3.63, 3.8) is 0 Å². The van der Waals surface area contributed by atoms with Gasteiger partial charge in [0, 0.05) is 0 Å². The Morgan fingerprint density at radius 1 is 1.50 bits per heavy atom. The maximum Gasteiger partial charge on any atom is 1.00 e. The molecule has 0 aromatic heterocycles. The second-order valence-electron chi connectivity index (χ2n) is 2.06. The Hall–Kier alpha value is 0.960. The van der Waals surface area contributed by atoms with Gasteiger partial charge in [-0.25, -0.2) is 0 Å². The molecule has 0 saturated heterocycles. The fourth-order valence-corrected chi connectivity index (χ4v) is 0.576. The molecule has 0 aromatic carbocycles. The van der Waals surface area contributed by atoms with E-state index in [4.69, 9.17) is 0 Å². The van der Waals surface area contributed by atoms with Crippen LogP contribution in [0, 0.1) is 5.92 Å². The number of hydrogen-bond donors (Lipinski definition) is 0. The topological polar surface area (TPSA) is 23.1 Å². The first-order chi connectivity index (χ1) is 3.31. The van der Waals surface area contributed by atoms with Crippen LogP contribution in [-0.2, 0) is 0 Å². The Morgan fingerprint density at radius 2 is 2.00 bits per heavy atom. The van der Waals surface area contributed by atoms with Crippen LogP contribution in [0.4, 0.5) is 0 Å². The first kappa shape index (κ1) is 11.7. The predicted molar refractivity (Wildman–Crippen MR) is 28.9 cm³/mol. The van der Waals surface area contributed by atoms with Gasteiger partial charge in [-0.2, -0.15) is 0 Å². The van der Waals surface area contributed by atoms with Crippen molar-refractivity contribution in [2.75, 3.05) is 6.61 Å². The fourth-order valence-electron chi connectivity index (χ4n) is 0.576. The summed E-state index contributed by atoms with van der Waals surface area (Å²) in [6, 6.07) is 0. The molecule has 0 aliphatic carbocycles. The molecule has 0 bridgehead atoms. The molecule has 0 aliphatic rings. The zero-order valence-corrected chi connectivity index (χ0v) is 8.11. The summed E-state index contributed by atoms with van der Waals surface area (Å²) < 4.78 is 0. The fraction of sp³-hybridized carbons (Fsp3) is 1.00. The zero-order valence-electron chi connectivity index (χ0n) is 6.11. The molecule has 2 heteroatoms. The Labute approximate surface area is 73.8 Å². The van der Waals surface area contributed by atoms with Gasteiger partial charge in [0.25, 0.3) is 0 Å². The quantitative estimate of drug-likeness (QED) is 0.391. The van der Waals surface area contributed by atoms with Gasteiger partial charge in [0.05, 0.1) is 0 Å². The summed E-state index contributed by atoms with van der Waals surface area (Å²) in [6.07, 6.45) is 2.23. The minimum atomic E-state index is 0. The van der Waals surface area contributed by atoms with Crippen LogP contribution in [0.5, 0.6) is 0 Å². The number of hydrogen-bond acceptors (Lipinski definition) is 1. The normalized spacial score (nSPS) is 12.4. The van der Waals surface area contributed by atoms with E-state index in [2.05, 4.69) is 6.92 Å². The first-order valence-corrected chi connectivity index (χ1v) is 2.89. The van der Waals surface area contributed by atoms with Gasteiger partial charge in [-0.05, 0) is 0 Å². The SMILES string of the molecule is CCCC(C)C[O-].[Na+]. The van der Waals surface area contributed by atoms with E-state index in [0.29, 0.717) is 5.92 Å². The third-order valence-corrected chi connectivity index (χ3v) is 1.07. The van der Waals surface area contributed by atoms with E-state index in [1.807, 2.05) is 6.92 Å². The van der Waals surface area contributed by atoms with Gasteiger partial charge in [0.2, 0.25) is 0 Å². The summed E-state index contributed by atoms with van der Waals surface area (Å²) in [5.74, 6) is 0.394. The Morgan fingerprint density at radius 3 is 2.12 bits per heavy atom. The van der Waals surface area contributed by atoms with Crippen molar-refractivity contribution < 1.29 is 34.7 Å². The monoisotopic (exact) mass is 124 g/mol. The average Bonchev–Trinajstić information content (AvgIpc) is 1.68. The van der Waals surface area contributed by atoms with Gasteiger partial charge in [0.1, 0.15) is 0 Å². The van der Waals surface area contributed by atoms with E-state index >= 15 is 0 Å². The minimum absolute atomic E-state index is 0. The van der Waals surface area contributed by atoms with Crippen LogP contribution >= 0.6 is 0 Å². The van der Waals surface area contributed by atoms with Crippen LogP contribution in [0.2, 0.25) is 0 Å². The summed E-state index contributed by atoms with van der Waals surface area (Å²) in [5, 5.41) is 10.0. The van der Waals surface area contributed by atoms with Gasteiger partial charge in [0.15, 0.2) is 0 Å². The summed E-state index contributed by atoms with van der Waals surface area (Å²) in [7, 11) is 0. The molecular weight excluding hydrogens is 111 g/mol. The van der Waals surface area contributed by atoms with Crippen molar-refractivity contribution in [2.45, 2.75) is 26.7 Å². The second-order valence-corrected chi connectivity index (χ2v) is 2.06. The summed E-state index contributed by atoms with van der Waals surface area (Å²) in [5.41, 5.74) is 0. The smallest absolute Gasteiger partial charge is 0.854 e. The van der Waals surface area contributed by atoms with Crippen molar-refractivity contribution in [2.24, 2.45) is 5.92 Å². The zero-order chi connectivity index (χ0) is 5.70. The molecule has 1 unspecified atom stereocenters. The Balaban J connectivity index is 0. The molecule has 0 aromatic rings. The third-order valence-electron chi connectivity index (χ3n) is 1.07. The van der Waals surface area contributed by atoms with Gasteiger partial charge in [-0.3, -0.25) is 0 Å². The van der Waals surface area contributed by atoms with E-state index in [1.54, 1.807) is 0 Å². The van der Waals surface area contributed by atoms with Gasteiger partial charge in [-0.15, -0.1) is 6.61 Å².